The molecule has 1 saturated heterocycles. The second-order valence-corrected chi connectivity index (χ2v) is 7.95. The van der Waals surface area contributed by atoms with Crippen molar-refractivity contribution in [2.45, 2.75) is 52.5 Å². The molecule has 0 bridgehead atoms. The first-order valence-electron chi connectivity index (χ1n) is 9.88. The van der Waals surface area contributed by atoms with E-state index in [0.717, 1.165) is 48.8 Å². The molecular weight excluding hydrogens is 322 g/mol. The summed E-state index contributed by atoms with van der Waals surface area (Å²) in [5, 5.41) is 0. The quantitative estimate of drug-likeness (QED) is 0.833. The first-order chi connectivity index (χ1) is 12.6. The number of piperidine rings is 1. The molecule has 0 spiro atoms. The summed E-state index contributed by atoms with van der Waals surface area (Å²) < 4.78 is 5.71. The SMILES string of the molecule is Cc1cc(C[C@H]2CCCN(C(C)c3cnc4c(c3)OCC4)C2)cc(C)n1. The molecule has 0 aliphatic carbocycles. The zero-order valence-corrected chi connectivity index (χ0v) is 16.2. The summed E-state index contributed by atoms with van der Waals surface area (Å²) in [6, 6.07) is 7.09. The van der Waals surface area contributed by atoms with Crippen molar-refractivity contribution in [2.24, 2.45) is 5.92 Å². The summed E-state index contributed by atoms with van der Waals surface area (Å²) in [7, 11) is 0. The number of aryl methyl sites for hydroxylation is 2. The van der Waals surface area contributed by atoms with Crippen LogP contribution >= 0.6 is 0 Å². The van der Waals surface area contributed by atoms with Crippen molar-refractivity contribution < 1.29 is 4.74 Å². The minimum absolute atomic E-state index is 0.390. The van der Waals surface area contributed by atoms with Crippen molar-refractivity contribution in [3.63, 3.8) is 0 Å². The van der Waals surface area contributed by atoms with Crippen molar-refractivity contribution >= 4 is 0 Å². The molecule has 4 heteroatoms. The molecule has 2 atom stereocenters. The first-order valence-corrected chi connectivity index (χ1v) is 9.88. The predicted molar refractivity (Wildman–Crippen MR) is 104 cm³/mol. The van der Waals surface area contributed by atoms with E-state index < -0.39 is 0 Å². The van der Waals surface area contributed by atoms with E-state index in [0.29, 0.717) is 12.0 Å². The highest BCUT2D eigenvalue weighted by Gasteiger charge is 2.26. The molecule has 4 rings (SSSR count). The van der Waals surface area contributed by atoms with Crippen LogP contribution in [0.1, 0.15) is 54.0 Å². The molecule has 2 aliphatic rings. The first kappa shape index (κ1) is 17.5. The number of fused-ring (bicyclic) bond motifs is 1. The number of nitrogens with zero attached hydrogens (tertiary/aromatic N) is 3. The lowest BCUT2D eigenvalue weighted by Gasteiger charge is -2.37. The lowest BCUT2D eigenvalue weighted by Crippen LogP contribution is -2.38. The molecule has 4 heterocycles. The Bertz CT molecular complexity index is 769. The average molecular weight is 351 g/mol. The van der Waals surface area contributed by atoms with E-state index >= 15 is 0 Å². The predicted octanol–water partition coefficient (Wildman–Crippen LogP) is 4.04. The van der Waals surface area contributed by atoms with Gasteiger partial charge >= 0.3 is 0 Å². The van der Waals surface area contributed by atoms with Crippen LogP contribution in [0.15, 0.2) is 24.4 Å². The van der Waals surface area contributed by atoms with E-state index in [1.54, 1.807) is 0 Å². The lowest BCUT2D eigenvalue weighted by atomic mass is 9.90. The van der Waals surface area contributed by atoms with Gasteiger partial charge in [-0.15, -0.1) is 0 Å². The van der Waals surface area contributed by atoms with Gasteiger partial charge in [0.15, 0.2) is 0 Å². The van der Waals surface area contributed by atoms with Gasteiger partial charge in [-0.1, -0.05) is 0 Å². The minimum Gasteiger partial charge on any atom is -0.491 e. The molecule has 4 nitrogen and oxygen atoms in total. The Labute approximate surface area is 156 Å². The third-order valence-electron chi connectivity index (χ3n) is 5.79. The maximum Gasteiger partial charge on any atom is 0.141 e. The molecule has 26 heavy (non-hydrogen) atoms. The van der Waals surface area contributed by atoms with Gasteiger partial charge in [-0.05, 0) is 81.8 Å². The molecule has 0 radical (unpaired) electrons. The van der Waals surface area contributed by atoms with Gasteiger partial charge in [0.1, 0.15) is 5.75 Å². The maximum absolute atomic E-state index is 5.71. The van der Waals surface area contributed by atoms with Gasteiger partial charge in [0, 0.05) is 36.6 Å². The van der Waals surface area contributed by atoms with E-state index in [2.05, 4.69) is 60.0 Å². The Balaban J connectivity index is 1.44. The highest BCUT2D eigenvalue weighted by atomic mass is 16.5. The van der Waals surface area contributed by atoms with E-state index in [1.807, 2.05) is 0 Å². The number of pyridine rings is 2. The standard InChI is InChI=1S/C22H29N3O/c1-15-9-19(10-16(2)24-15)11-18-5-4-7-25(14-18)17(3)20-12-22-21(23-13-20)6-8-26-22/h9-10,12-13,17-18H,4-8,11,14H2,1-3H3/t17?,18-/m1/s1. The molecule has 2 aliphatic heterocycles. The van der Waals surface area contributed by atoms with E-state index in [1.165, 1.54) is 30.5 Å². The Kier molecular flexibility index (Phi) is 4.94. The zero-order chi connectivity index (χ0) is 18.1. The van der Waals surface area contributed by atoms with Gasteiger partial charge in [0.25, 0.3) is 0 Å². The fraction of sp³-hybridized carbons (Fsp3) is 0.545. The number of aromatic nitrogens is 2. The van der Waals surface area contributed by atoms with Crippen molar-refractivity contribution in [1.82, 2.24) is 14.9 Å². The summed E-state index contributed by atoms with van der Waals surface area (Å²) in [6.07, 6.45) is 6.74. The van der Waals surface area contributed by atoms with Gasteiger partial charge in [0.05, 0.1) is 12.3 Å². The number of likely N-dealkylation sites (tertiary alicyclic amines) is 1. The molecule has 1 fully saturated rings. The minimum atomic E-state index is 0.390. The normalized spacial score (nSPS) is 21.3. The van der Waals surface area contributed by atoms with Gasteiger partial charge in [-0.2, -0.15) is 0 Å². The molecule has 0 amide bonds. The largest absolute Gasteiger partial charge is 0.491 e. The molecule has 138 valence electrons. The van der Waals surface area contributed by atoms with Crippen LogP contribution in [0, 0.1) is 19.8 Å². The Morgan fingerprint density at radius 3 is 2.85 bits per heavy atom. The summed E-state index contributed by atoms with van der Waals surface area (Å²) in [4.78, 5) is 11.8. The van der Waals surface area contributed by atoms with Crippen LogP contribution in [0.4, 0.5) is 0 Å². The van der Waals surface area contributed by atoms with E-state index in [-0.39, 0.29) is 0 Å². The summed E-state index contributed by atoms with van der Waals surface area (Å²) in [5.74, 6) is 1.71. The summed E-state index contributed by atoms with van der Waals surface area (Å²) in [6.45, 7) is 9.59. The molecule has 2 aromatic heterocycles. The van der Waals surface area contributed by atoms with Crippen molar-refractivity contribution in [3.05, 3.63) is 52.6 Å². The molecule has 1 unspecified atom stereocenters. The summed E-state index contributed by atoms with van der Waals surface area (Å²) >= 11 is 0. The van der Waals surface area contributed by atoms with Crippen molar-refractivity contribution in [2.75, 3.05) is 19.7 Å². The lowest BCUT2D eigenvalue weighted by molar-refractivity contribution is 0.131. The van der Waals surface area contributed by atoms with Crippen molar-refractivity contribution in [3.8, 4) is 5.75 Å². The fourth-order valence-corrected chi connectivity index (χ4v) is 4.49. The van der Waals surface area contributed by atoms with Gasteiger partial charge in [-0.3, -0.25) is 14.9 Å². The molecular formula is C22H29N3O. The van der Waals surface area contributed by atoms with Crippen LogP contribution in [0.25, 0.3) is 0 Å². The van der Waals surface area contributed by atoms with Gasteiger partial charge in [0.2, 0.25) is 0 Å². The van der Waals surface area contributed by atoms with Crippen LogP contribution < -0.4 is 4.74 Å². The second kappa shape index (κ2) is 7.36. The average Bonchev–Trinajstić information content (AvgIpc) is 3.08. The Morgan fingerprint density at radius 2 is 2.04 bits per heavy atom. The topological polar surface area (TPSA) is 38.2 Å². The third kappa shape index (κ3) is 3.75. The Morgan fingerprint density at radius 1 is 1.23 bits per heavy atom. The molecule has 0 saturated carbocycles. The van der Waals surface area contributed by atoms with Crippen LogP contribution in [0.5, 0.6) is 5.75 Å². The van der Waals surface area contributed by atoms with E-state index in [4.69, 9.17) is 4.74 Å². The van der Waals surface area contributed by atoms with Gasteiger partial charge < -0.3 is 4.74 Å². The van der Waals surface area contributed by atoms with Gasteiger partial charge in [-0.25, -0.2) is 0 Å². The number of rotatable bonds is 4. The van der Waals surface area contributed by atoms with Crippen LogP contribution in [0.3, 0.4) is 0 Å². The second-order valence-electron chi connectivity index (χ2n) is 7.95. The zero-order valence-electron chi connectivity index (χ0n) is 16.2. The molecule has 0 aromatic carbocycles. The van der Waals surface area contributed by atoms with Crippen LogP contribution in [-0.4, -0.2) is 34.6 Å². The number of hydrogen-bond acceptors (Lipinski definition) is 4. The number of ether oxygens (including phenoxy) is 1. The van der Waals surface area contributed by atoms with Crippen LogP contribution in [-0.2, 0) is 12.8 Å². The fourth-order valence-electron chi connectivity index (χ4n) is 4.49. The van der Waals surface area contributed by atoms with Crippen LogP contribution in [0.2, 0.25) is 0 Å². The highest BCUT2D eigenvalue weighted by Crippen LogP contribution is 2.32. The monoisotopic (exact) mass is 351 g/mol. The van der Waals surface area contributed by atoms with E-state index in [9.17, 15) is 0 Å². The number of hydrogen-bond donors (Lipinski definition) is 0. The third-order valence-corrected chi connectivity index (χ3v) is 5.79. The van der Waals surface area contributed by atoms with Crippen molar-refractivity contribution in [1.29, 1.82) is 0 Å². The molecule has 0 N–H and O–H groups in total. The maximum atomic E-state index is 5.71. The molecule has 2 aromatic rings. The smallest absolute Gasteiger partial charge is 0.141 e. The highest BCUT2D eigenvalue weighted by molar-refractivity contribution is 5.35. The Hall–Kier alpha value is -1.94. The summed E-state index contributed by atoms with van der Waals surface area (Å²) in [5.41, 5.74) is 6.08.